The van der Waals surface area contributed by atoms with E-state index in [2.05, 4.69) is 4.74 Å². The summed E-state index contributed by atoms with van der Waals surface area (Å²) in [5, 5.41) is 9.94. The standard InChI is InChI=1S/C7HCl4NO4/c8-2-1-3(9)6(16-7(11)13)5(4(2)10)12(14)15/h1H. The van der Waals surface area contributed by atoms with Gasteiger partial charge in [-0.05, 0) is 6.07 Å². The molecule has 16 heavy (non-hydrogen) atoms. The number of ether oxygens (including phenoxy) is 1. The highest BCUT2D eigenvalue weighted by molar-refractivity contribution is 6.61. The molecule has 0 fully saturated rings. The molecule has 5 nitrogen and oxygen atoms in total. The fourth-order valence-electron chi connectivity index (χ4n) is 0.906. The van der Waals surface area contributed by atoms with Gasteiger partial charge in [-0.1, -0.05) is 34.8 Å². The minimum absolute atomic E-state index is 0.132. The third kappa shape index (κ3) is 2.68. The van der Waals surface area contributed by atoms with Gasteiger partial charge in [0.2, 0.25) is 5.75 Å². The number of nitrogens with zero attached hydrogens (tertiary/aromatic N) is 1. The van der Waals surface area contributed by atoms with Gasteiger partial charge < -0.3 is 4.74 Å². The van der Waals surface area contributed by atoms with Crippen molar-refractivity contribution in [3.63, 3.8) is 0 Å². The van der Waals surface area contributed by atoms with Crippen molar-refractivity contribution in [3.8, 4) is 5.75 Å². The van der Waals surface area contributed by atoms with Crippen molar-refractivity contribution >= 4 is 57.5 Å². The zero-order valence-electron chi connectivity index (χ0n) is 7.17. The summed E-state index contributed by atoms with van der Waals surface area (Å²) in [4.78, 5) is 20.3. The van der Waals surface area contributed by atoms with Crippen LogP contribution >= 0.6 is 46.4 Å². The third-order valence-corrected chi connectivity index (χ3v) is 2.60. The Balaban J connectivity index is 3.50. The second kappa shape index (κ2) is 5.05. The highest BCUT2D eigenvalue weighted by Gasteiger charge is 2.27. The lowest BCUT2D eigenvalue weighted by atomic mass is 10.3. The highest BCUT2D eigenvalue weighted by atomic mass is 35.5. The highest BCUT2D eigenvalue weighted by Crippen LogP contribution is 2.44. The molecule has 0 aromatic heterocycles. The molecule has 1 rings (SSSR count). The van der Waals surface area contributed by atoms with Gasteiger partial charge in [0.1, 0.15) is 5.02 Å². The van der Waals surface area contributed by atoms with Crippen LogP contribution in [0, 0.1) is 10.1 Å². The van der Waals surface area contributed by atoms with Crippen molar-refractivity contribution in [3.05, 3.63) is 31.2 Å². The van der Waals surface area contributed by atoms with Gasteiger partial charge in [-0.2, -0.15) is 0 Å². The molecule has 1 aromatic carbocycles. The molecule has 0 saturated heterocycles. The van der Waals surface area contributed by atoms with E-state index in [9.17, 15) is 14.9 Å². The normalized spacial score (nSPS) is 10.0. The minimum Gasteiger partial charge on any atom is -0.405 e. The van der Waals surface area contributed by atoms with E-state index in [4.69, 9.17) is 46.4 Å². The van der Waals surface area contributed by atoms with Gasteiger partial charge in [0.25, 0.3) is 0 Å². The maximum atomic E-state index is 10.7. The summed E-state index contributed by atoms with van der Waals surface area (Å²) in [6.45, 7) is 0. The lowest BCUT2D eigenvalue weighted by molar-refractivity contribution is -0.385. The molecule has 0 radical (unpaired) electrons. The molecule has 86 valence electrons. The lowest BCUT2D eigenvalue weighted by Gasteiger charge is -2.06. The first-order valence-electron chi connectivity index (χ1n) is 3.53. The van der Waals surface area contributed by atoms with Gasteiger partial charge in [-0.3, -0.25) is 10.1 Å². The quantitative estimate of drug-likeness (QED) is 0.353. The van der Waals surface area contributed by atoms with Crippen molar-refractivity contribution in [2.75, 3.05) is 0 Å². The summed E-state index contributed by atoms with van der Waals surface area (Å²) in [7, 11) is 0. The zero-order chi connectivity index (χ0) is 12.5. The van der Waals surface area contributed by atoms with Crippen LogP contribution in [0.1, 0.15) is 0 Å². The number of benzene rings is 1. The molecule has 0 N–H and O–H groups in total. The van der Waals surface area contributed by atoms with E-state index in [-0.39, 0.29) is 15.1 Å². The summed E-state index contributed by atoms with van der Waals surface area (Å²) >= 11 is 21.7. The largest absolute Gasteiger partial charge is 0.409 e. The number of carbonyl (C=O) groups excluding carboxylic acids is 1. The number of carbonyl (C=O) groups is 1. The van der Waals surface area contributed by atoms with E-state index >= 15 is 0 Å². The van der Waals surface area contributed by atoms with Crippen molar-refractivity contribution in [2.24, 2.45) is 0 Å². The summed E-state index contributed by atoms with van der Waals surface area (Å²) in [5.41, 5.74) is -1.99. The molecular weight excluding hydrogens is 304 g/mol. The Morgan fingerprint density at radius 3 is 2.31 bits per heavy atom. The SMILES string of the molecule is O=C(Cl)Oc1c(Cl)cc(Cl)c(Cl)c1[N+](=O)[O-]. The van der Waals surface area contributed by atoms with Crippen LogP contribution in [0.2, 0.25) is 15.1 Å². The third-order valence-electron chi connectivity index (χ3n) is 1.47. The molecule has 0 aliphatic carbocycles. The molecule has 0 heterocycles. The number of rotatable bonds is 2. The van der Waals surface area contributed by atoms with Crippen LogP contribution in [0.4, 0.5) is 10.5 Å². The van der Waals surface area contributed by atoms with Gasteiger partial charge in [0.15, 0.2) is 0 Å². The van der Waals surface area contributed by atoms with Crippen LogP contribution in [-0.4, -0.2) is 10.4 Å². The Morgan fingerprint density at radius 2 is 1.88 bits per heavy atom. The smallest absolute Gasteiger partial charge is 0.405 e. The summed E-state index contributed by atoms with van der Waals surface area (Å²) in [5.74, 6) is -0.541. The maximum absolute atomic E-state index is 10.7. The molecule has 0 saturated carbocycles. The van der Waals surface area contributed by atoms with E-state index in [0.717, 1.165) is 6.07 Å². The van der Waals surface area contributed by atoms with E-state index in [1.54, 1.807) is 0 Å². The van der Waals surface area contributed by atoms with E-state index in [0.29, 0.717) is 0 Å². The number of halogens is 4. The number of hydrogen-bond donors (Lipinski definition) is 0. The predicted molar refractivity (Wildman–Crippen MR) is 60.0 cm³/mol. The fourth-order valence-corrected chi connectivity index (χ4v) is 1.68. The summed E-state index contributed by atoms with van der Waals surface area (Å²) < 4.78 is 4.38. The minimum atomic E-state index is -1.27. The van der Waals surface area contributed by atoms with Gasteiger partial charge >= 0.3 is 11.1 Å². The Labute approximate surface area is 109 Å². The molecule has 0 bridgehead atoms. The molecule has 0 atom stereocenters. The molecule has 9 heteroatoms. The van der Waals surface area contributed by atoms with Crippen LogP contribution in [0.3, 0.4) is 0 Å². The summed E-state index contributed by atoms with van der Waals surface area (Å²) in [6, 6.07) is 1.10. The van der Waals surface area contributed by atoms with Gasteiger partial charge in [-0.15, -0.1) is 0 Å². The van der Waals surface area contributed by atoms with Crippen LogP contribution < -0.4 is 4.74 Å². The van der Waals surface area contributed by atoms with Crippen LogP contribution in [0.5, 0.6) is 5.75 Å². The first-order valence-corrected chi connectivity index (χ1v) is 5.05. The second-order valence-electron chi connectivity index (χ2n) is 2.43. The van der Waals surface area contributed by atoms with Crippen LogP contribution in [0.15, 0.2) is 6.07 Å². The topological polar surface area (TPSA) is 69.4 Å². The van der Waals surface area contributed by atoms with Gasteiger partial charge in [0, 0.05) is 11.6 Å². The van der Waals surface area contributed by atoms with E-state index in [1.165, 1.54) is 0 Å². The Kier molecular flexibility index (Phi) is 4.21. The first kappa shape index (κ1) is 13.3. The average molecular weight is 305 g/mol. The average Bonchev–Trinajstić information content (AvgIpc) is 2.13. The second-order valence-corrected chi connectivity index (χ2v) is 3.93. The van der Waals surface area contributed by atoms with E-state index in [1.807, 2.05) is 0 Å². The number of hydrogen-bond acceptors (Lipinski definition) is 4. The van der Waals surface area contributed by atoms with Gasteiger partial charge in [0.05, 0.1) is 15.0 Å². The maximum Gasteiger partial charge on any atom is 0.409 e. The Morgan fingerprint density at radius 1 is 1.31 bits per heavy atom. The Hall–Kier alpha value is -0.750. The lowest BCUT2D eigenvalue weighted by Crippen LogP contribution is -2.02. The Bertz CT molecular complexity index is 476. The molecule has 0 aliphatic rings. The predicted octanol–water partition coefficient (Wildman–Crippen LogP) is 4.29. The molecule has 1 aromatic rings. The van der Waals surface area contributed by atoms with E-state index < -0.39 is 21.8 Å². The molecular formula is C7HCl4NO4. The monoisotopic (exact) mass is 303 g/mol. The molecule has 0 aliphatic heterocycles. The first-order chi connectivity index (χ1) is 7.34. The molecule has 0 spiro atoms. The number of nitro groups is 1. The van der Waals surface area contributed by atoms with Crippen LogP contribution in [-0.2, 0) is 0 Å². The molecule has 0 unspecified atom stereocenters. The zero-order valence-corrected chi connectivity index (χ0v) is 10.2. The van der Waals surface area contributed by atoms with Crippen molar-refractivity contribution < 1.29 is 14.5 Å². The van der Waals surface area contributed by atoms with Crippen molar-refractivity contribution in [2.45, 2.75) is 0 Å². The van der Waals surface area contributed by atoms with Gasteiger partial charge in [-0.25, -0.2) is 4.79 Å². The fraction of sp³-hybridized carbons (Fsp3) is 0. The number of nitro benzene ring substituents is 1. The summed E-state index contributed by atoms with van der Waals surface area (Å²) in [6.07, 6.45) is 0. The van der Waals surface area contributed by atoms with Crippen molar-refractivity contribution in [1.82, 2.24) is 0 Å². The van der Waals surface area contributed by atoms with Crippen LogP contribution in [0.25, 0.3) is 0 Å². The molecule has 0 amide bonds. The van der Waals surface area contributed by atoms with Crippen molar-refractivity contribution in [1.29, 1.82) is 0 Å².